The Labute approximate surface area is 89.5 Å². The van der Waals surface area contributed by atoms with Crippen LogP contribution in [0.1, 0.15) is 0 Å². The number of hydrogen-bond donors (Lipinski definition) is 2. The predicted molar refractivity (Wildman–Crippen MR) is 61.0 cm³/mol. The van der Waals surface area contributed by atoms with Gasteiger partial charge in [0, 0.05) is 12.7 Å². The standard InChI is InChI=1S/C9H14N2O3S/c1-10-7-4-5-9(14-2)8(6-7)11-15(3,12)13/h4-6,10-11H,1-3H3. The van der Waals surface area contributed by atoms with Crippen molar-refractivity contribution in [3.8, 4) is 5.75 Å². The maximum absolute atomic E-state index is 11.1. The number of methoxy groups -OCH3 is 1. The average molecular weight is 230 g/mol. The third kappa shape index (κ3) is 3.32. The average Bonchev–Trinajstić information content (AvgIpc) is 2.15. The highest BCUT2D eigenvalue weighted by Crippen LogP contribution is 2.28. The summed E-state index contributed by atoms with van der Waals surface area (Å²) in [6.07, 6.45) is 1.10. The van der Waals surface area contributed by atoms with Crippen LogP contribution in [0.4, 0.5) is 11.4 Å². The largest absolute Gasteiger partial charge is 0.495 e. The van der Waals surface area contributed by atoms with Gasteiger partial charge in [-0.1, -0.05) is 0 Å². The molecule has 0 bridgehead atoms. The zero-order valence-electron chi connectivity index (χ0n) is 8.87. The van der Waals surface area contributed by atoms with E-state index in [2.05, 4.69) is 10.0 Å². The Morgan fingerprint density at radius 1 is 1.33 bits per heavy atom. The topological polar surface area (TPSA) is 67.4 Å². The predicted octanol–water partition coefficient (Wildman–Crippen LogP) is 1.11. The van der Waals surface area contributed by atoms with Gasteiger partial charge in [0.2, 0.25) is 10.0 Å². The molecule has 0 atom stereocenters. The molecule has 0 amide bonds. The molecule has 0 aromatic heterocycles. The van der Waals surface area contributed by atoms with E-state index in [1.807, 2.05) is 0 Å². The van der Waals surface area contributed by atoms with Gasteiger partial charge in [-0.25, -0.2) is 8.42 Å². The summed E-state index contributed by atoms with van der Waals surface area (Å²) in [6, 6.07) is 5.16. The Morgan fingerprint density at radius 2 is 2.00 bits per heavy atom. The summed E-state index contributed by atoms with van der Waals surface area (Å²) in [6.45, 7) is 0. The van der Waals surface area contributed by atoms with Crippen LogP contribution in [-0.2, 0) is 10.0 Å². The Balaban J connectivity index is 3.12. The maximum Gasteiger partial charge on any atom is 0.229 e. The number of hydrogen-bond acceptors (Lipinski definition) is 4. The molecule has 84 valence electrons. The highest BCUT2D eigenvalue weighted by Gasteiger charge is 2.08. The molecule has 15 heavy (non-hydrogen) atoms. The van der Waals surface area contributed by atoms with E-state index < -0.39 is 10.0 Å². The monoisotopic (exact) mass is 230 g/mol. The van der Waals surface area contributed by atoms with E-state index in [9.17, 15) is 8.42 Å². The van der Waals surface area contributed by atoms with Crippen LogP contribution in [0.3, 0.4) is 0 Å². The highest BCUT2D eigenvalue weighted by molar-refractivity contribution is 7.92. The zero-order valence-corrected chi connectivity index (χ0v) is 9.68. The quantitative estimate of drug-likeness (QED) is 0.813. The van der Waals surface area contributed by atoms with E-state index in [0.29, 0.717) is 11.4 Å². The maximum atomic E-state index is 11.1. The summed E-state index contributed by atoms with van der Waals surface area (Å²) in [5.74, 6) is 0.486. The van der Waals surface area contributed by atoms with E-state index >= 15 is 0 Å². The molecule has 0 saturated carbocycles. The number of nitrogens with one attached hydrogen (secondary N) is 2. The highest BCUT2D eigenvalue weighted by atomic mass is 32.2. The summed E-state index contributed by atoms with van der Waals surface area (Å²) < 4.78 is 29.6. The Kier molecular flexibility index (Phi) is 3.41. The minimum absolute atomic E-state index is 0.423. The van der Waals surface area contributed by atoms with Gasteiger partial charge in [-0.2, -0.15) is 0 Å². The van der Waals surface area contributed by atoms with Crippen molar-refractivity contribution in [1.29, 1.82) is 0 Å². The molecular formula is C9H14N2O3S. The van der Waals surface area contributed by atoms with Crippen LogP contribution in [0.15, 0.2) is 18.2 Å². The molecule has 0 saturated heterocycles. The molecule has 0 aliphatic rings. The lowest BCUT2D eigenvalue weighted by atomic mass is 10.2. The van der Waals surface area contributed by atoms with Crippen molar-refractivity contribution in [1.82, 2.24) is 0 Å². The molecule has 1 aromatic carbocycles. The fourth-order valence-electron chi connectivity index (χ4n) is 1.14. The van der Waals surface area contributed by atoms with E-state index in [-0.39, 0.29) is 0 Å². The van der Waals surface area contributed by atoms with Crippen molar-refractivity contribution in [2.75, 3.05) is 30.5 Å². The van der Waals surface area contributed by atoms with Gasteiger partial charge in [-0.3, -0.25) is 4.72 Å². The van der Waals surface area contributed by atoms with Crippen LogP contribution >= 0.6 is 0 Å². The number of benzene rings is 1. The van der Waals surface area contributed by atoms with Crippen molar-refractivity contribution in [3.05, 3.63) is 18.2 Å². The Bertz CT molecular complexity index is 443. The fourth-order valence-corrected chi connectivity index (χ4v) is 1.70. The van der Waals surface area contributed by atoms with Crippen molar-refractivity contribution >= 4 is 21.4 Å². The first-order valence-corrected chi connectivity index (χ1v) is 6.19. The smallest absolute Gasteiger partial charge is 0.229 e. The van der Waals surface area contributed by atoms with Crippen LogP contribution in [0.5, 0.6) is 5.75 Å². The second-order valence-corrected chi connectivity index (χ2v) is 4.79. The summed E-state index contributed by atoms with van der Waals surface area (Å²) >= 11 is 0. The molecule has 1 aromatic rings. The summed E-state index contributed by atoms with van der Waals surface area (Å²) in [5.41, 5.74) is 1.23. The van der Waals surface area contributed by atoms with Crippen LogP contribution in [0.2, 0.25) is 0 Å². The Morgan fingerprint density at radius 3 is 2.47 bits per heavy atom. The van der Waals surface area contributed by atoms with Gasteiger partial charge in [0.25, 0.3) is 0 Å². The van der Waals surface area contributed by atoms with Crippen LogP contribution in [0, 0.1) is 0 Å². The normalized spacial score (nSPS) is 10.9. The molecule has 6 heteroatoms. The van der Waals surface area contributed by atoms with E-state index in [1.165, 1.54) is 7.11 Å². The third-order valence-corrected chi connectivity index (χ3v) is 2.37. The number of rotatable bonds is 4. The SMILES string of the molecule is CNc1ccc(OC)c(NS(C)(=O)=O)c1. The molecule has 0 fully saturated rings. The van der Waals surface area contributed by atoms with Crippen LogP contribution in [0.25, 0.3) is 0 Å². The molecule has 0 radical (unpaired) electrons. The molecule has 0 unspecified atom stereocenters. The minimum atomic E-state index is -3.29. The van der Waals surface area contributed by atoms with Gasteiger partial charge in [0.05, 0.1) is 19.1 Å². The second-order valence-electron chi connectivity index (χ2n) is 3.04. The molecular weight excluding hydrogens is 216 g/mol. The van der Waals surface area contributed by atoms with Gasteiger partial charge < -0.3 is 10.1 Å². The van der Waals surface area contributed by atoms with Crippen molar-refractivity contribution in [2.24, 2.45) is 0 Å². The second kappa shape index (κ2) is 4.39. The zero-order chi connectivity index (χ0) is 11.5. The van der Waals surface area contributed by atoms with E-state index in [0.717, 1.165) is 11.9 Å². The summed E-state index contributed by atoms with van der Waals surface area (Å²) in [4.78, 5) is 0. The molecule has 0 aliphatic heterocycles. The van der Waals surface area contributed by atoms with Crippen LogP contribution < -0.4 is 14.8 Å². The number of anilines is 2. The minimum Gasteiger partial charge on any atom is -0.495 e. The van der Waals surface area contributed by atoms with Gasteiger partial charge in [0.1, 0.15) is 5.75 Å². The van der Waals surface area contributed by atoms with Gasteiger partial charge in [0.15, 0.2) is 0 Å². The molecule has 5 nitrogen and oxygen atoms in total. The summed E-state index contributed by atoms with van der Waals surface area (Å²) in [5, 5.41) is 2.91. The molecule has 2 N–H and O–H groups in total. The van der Waals surface area contributed by atoms with Crippen molar-refractivity contribution < 1.29 is 13.2 Å². The molecule has 1 rings (SSSR count). The first-order chi connectivity index (χ1) is 6.96. The summed E-state index contributed by atoms with van der Waals surface area (Å²) in [7, 11) is -0.0486. The lowest BCUT2D eigenvalue weighted by molar-refractivity contribution is 0.417. The van der Waals surface area contributed by atoms with Gasteiger partial charge in [-0.05, 0) is 18.2 Å². The molecule has 0 spiro atoms. The van der Waals surface area contributed by atoms with E-state index in [4.69, 9.17) is 4.74 Å². The van der Waals surface area contributed by atoms with Gasteiger partial charge >= 0.3 is 0 Å². The van der Waals surface area contributed by atoms with Crippen LogP contribution in [-0.4, -0.2) is 28.8 Å². The number of ether oxygens (including phenoxy) is 1. The third-order valence-electron chi connectivity index (χ3n) is 1.78. The van der Waals surface area contributed by atoms with Gasteiger partial charge in [-0.15, -0.1) is 0 Å². The van der Waals surface area contributed by atoms with Crippen molar-refractivity contribution in [3.63, 3.8) is 0 Å². The Hall–Kier alpha value is -1.43. The lowest BCUT2D eigenvalue weighted by Gasteiger charge is -2.11. The first kappa shape index (κ1) is 11.6. The molecule has 0 aliphatic carbocycles. The number of sulfonamides is 1. The van der Waals surface area contributed by atoms with Crippen molar-refractivity contribution in [2.45, 2.75) is 0 Å². The fraction of sp³-hybridized carbons (Fsp3) is 0.333. The first-order valence-electron chi connectivity index (χ1n) is 4.30. The molecule has 0 heterocycles. The van der Waals surface area contributed by atoms with E-state index in [1.54, 1.807) is 25.2 Å². The lowest BCUT2D eigenvalue weighted by Crippen LogP contribution is -2.10.